The van der Waals surface area contributed by atoms with Crippen molar-refractivity contribution >= 4 is 54.7 Å². The fraction of sp³-hybridized carbons (Fsp3) is 0.0357. The first-order valence-electron chi connectivity index (χ1n) is 20.3. The van der Waals surface area contributed by atoms with Gasteiger partial charge in [-0.25, -0.2) is 0 Å². The topological polar surface area (TPSA) is 8.17 Å². The molecule has 2 heteroatoms. The maximum atomic E-state index is 2.44. The van der Waals surface area contributed by atoms with E-state index in [-0.39, 0.29) is 0 Å². The summed E-state index contributed by atoms with van der Waals surface area (Å²) in [6.45, 7) is 0. The number of fused-ring (bicyclic) bond motifs is 5. The lowest BCUT2D eigenvalue weighted by Gasteiger charge is -2.27. The molecule has 0 bridgehead atoms. The number of para-hydroxylation sites is 2. The van der Waals surface area contributed by atoms with Crippen molar-refractivity contribution in [1.82, 2.24) is 4.57 Å². The van der Waals surface area contributed by atoms with E-state index >= 15 is 0 Å². The Morgan fingerprint density at radius 1 is 0.379 bits per heavy atom. The van der Waals surface area contributed by atoms with Crippen LogP contribution in [0.3, 0.4) is 0 Å². The van der Waals surface area contributed by atoms with E-state index in [2.05, 4.69) is 228 Å². The third-order valence-corrected chi connectivity index (χ3v) is 11.8. The Bertz CT molecular complexity index is 3160. The first-order valence-corrected chi connectivity index (χ1v) is 20.3. The average molecular weight is 741 g/mol. The number of anilines is 2. The Morgan fingerprint density at radius 3 is 1.67 bits per heavy atom. The van der Waals surface area contributed by atoms with Gasteiger partial charge >= 0.3 is 0 Å². The molecule has 2 nitrogen and oxygen atoms in total. The molecule has 9 aromatic carbocycles. The molecule has 0 saturated heterocycles. The van der Waals surface area contributed by atoms with E-state index in [0.29, 0.717) is 0 Å². The van der Waals surface area contributed by atoms with Crippen molar-refractivity contribution in [3.05, 3.63) is 224 Å². The molecule has 10 aromatic rings. The van der Waals surface area contributed by atoms with Gasteiger partial charge in [0.2, 0.25) is 0 Å². The van der Waals surface area contributed by atoms with Crippen molar-refractivity contribution in [2.75, 3.05) is 4.90 Å². The standard InChI is InChI=1S/C56H40N2/c1-4-19-39(20-5-1)45-27-10-11-29-47(45)56-50-32-14-12-30-48(50)55(49-31-13-15-33-51(49)56)40-21-18-26-43(37-40)58-53-34-17-16-28-46(53)52-38-44(35-36-54(52)58)57(41-22-6-2-7-23-41)42-24-8-3-9-25-42/h1-2,4-8,10-38H,3,9H2. The third kappa shape index (κ3) is 5.64. The maximum Gasteiger partial charge on any atom is 0.0542 e. The monoisotopic (exact) mass is 740 g/mol. The zero-order valence-corrected chi connectivity index (χ0v) is 32.1. The molecule has 0 atom stereocenters. The quantitative estimate of drug-likeness (QED) is 0.148. The van der Waals surface area contributed by atoms with E-state index in [1.165, 1.54) is 82.4 Å². The molecule has 0 spiro atoms. The first-order chi connectivity index (χ1) is 28.8. The van der Waals surface area contributed by atoms with E-state index in [1.807, 2.05) is 0 Å². The third-order valence-electron chi connectivity index (χ3n) is 11.8. The second-order valence-corrected chi connectivity index (χ2v) is 15.1. The molecule has 1 aromatic heterocycles. The SMILES string of the molecule is C1=CC(N(c2ccccc2)c2ccc3c(c2)c2ccccc2n3-c2cccc(-c3c4ccccc4c(-c4ccccc4-c4ccccc4)c4ccccc34)c2)=CCC1. The minimum atomic E-state index is 1.04. The number of hydrogen-bond acceptors (Lipinski definition) is 1. The first kappa shape index (κ1) is 33.9. The second kappa shape index (κ2) is 14.3. The molecule has 11 rings (SSSR count). The van der Waals surface area contributed by atoms with Crippen LogP contribution in [0.5, 0.6) is 0 Å². The van der Waals surface area contributed by atoms with E-state index < -0.39 is 0 Å². The van der Waals surface area contributed by atoms with Gasteiger partial charge in [0.05, 0.1) is 11.0 Å². The van der Waals surface area contributed by atoms with Gasteiger partial charge in [-0.05, 0) is 122 Å². The molecule has 0 saturated carbocycles. The van der Waals surface area contributed by atoms with Crippen molar-refractivity contribution in [3.63, 3.8) is 0 Å². The number of aromatic nitrogens is 1. The van der Waals surface area contributed by atoms with Crippen LogP contribution < -0.4 is 4.90 Å². The van der Waals surface area contributed by atoms with Crippen molar-refractivity contribution in [3.8, 4) is 39.1 Å². The lowest BCUT2D eigenvalue weighted by atomic mass is 9.84. The largest absolute Gasteiger partial charge is 0.311 e. The zero-order chi connectivity index (χ0) is 38.4. The summed E-state index contributed by atoms with van der Waals surface area (Å²) in [6, 6.07) is 73.2. The van der Waals surface area contributed by atoms with Gasteiger partial charge in [0.1, 0.15) is 0 Å². The summed E-state index contributed by atoms with van der Waals surface area (Å²) in [5.41, 5.74) is 14.5. The maximum absolute atomic E-state index is 2.44. The normalized spacial score (nSPS) is 12.7. The van der Waals surface area contributed by atoms with Crippen LogP contribution >= 0.6 is 0 Å². The van der Waals surface area contributed by atoms with Crippen molar-refractivity contribution in [1.29, 1.82) is 0 Å². The summed E-state index contributed by atoms with van der Waals surface area (Å²) >= 11 is 0. The molecule has 0 unspecified atom stereocenters. The molecule has 274 valence electrons. The average Bonchev–Trinajstić information content (AvgIpc) is 3.63. The molecule has 1 heterocycles. The molecular formula is C56H40N2. The molecule has 58 heavy (non-hydrogen) atoms. The van der Waals surface area contributed by atoms with Gasteiger partial charge in [0.15, 0.2) is 0 Å². The Kier molecular flexibility index (Phi) is 8.33. The summed E-state index contributed by atoms with van der Waals surface area (Å²) in [5, 5.41) is 7.46. The minimum Gasteiger partial charge on any atom is -0.311 e. The Morgan fingerprint density at radius 2 is 0.966 bits per heavy atom. The van der Waals surface area contributed by atoms with E-state index in [4.69, 9.17) is 0 Å². The van der Waals surface area contributed by atoms with Crippen LogP contribution in [0.4, 0.5) is 11.4 Å². The molecule has 0 amide bonds. The number of hydrogen-bond donors (Lipinski definition) is 0. The van der Waals surface area contributed by atoms with E-state index in [9.17, 15) is 0 Å². The van der Waals surface area contributed by atoms with Crippen LogP contribution in [0.25, 0.3) is 82.4 Å². The number of nitrogens with zero attached hydrogens (tertiary/aromatic N) is 2. The highest BCUT2D eigenvalue weighted by molar-refractivity contribution is 6.22. The Labute approximate surface area is 338 Å². The second-order valence-electron chi connectivity index (χ2n) is 15.1. The minimum absolute atomic E-state index is 1.04. The van der Waals surface area contributed by atoms with Crippen molar-refractivity contribution < 1.29 is 0 Å². The van der Waals surface area contributed by atoms with Gasteiger partial charge in [-0.3, -0.25) is 0 Å². The summed E-state index contributed by atoms with van der Waals surface area (Å²) in [6.07, 6.45) is 9.02. The molecule has 1 aliphatic rings. The van der Waals surface area contributed by atoms with Crippen LogP contribution in [0.1, 0.15) is 12.8 Å². The van der Waals surface area contributed by atoms with Gasteiger partial charge < -0.3 is 9.47 Å². The fourth-order valence-electron chi connectivity index (χ4n) is 9.27. The summed E-state index contributed by atoms with van der Waals surface area (Å²) < 4.78 is 2.44. The number of allylic oxidation sites excluding steroid dienone is 3. The van der Waals surface area contributed by atoms with Gasteiger partial charge in [-0.15, -0.1) is 0 Å². The van der Waals surface area contributed by atoms with Crippen LogP contribution in [0, 0.1) is 0 Å². The summed E-state index contributed by atoms with van der Waals surface area (Å²) in [7, 11) is 0. The van der Waals surface area contributed by atoms with Crippen molar-refractivity contribution in [2.24, 2.45) is 0 Å². The van der Waals surface area contributed by atoms with E-state index in [0.717, 1.165) is 29.9 Å². The van der Waals surface area contributed by atoms with Crippen molar-refractivity contribution in [2.45, 2.75) is 12.8 Å². The highest BCUT2D eigenvalue weighted by Crippen LogP contribution is 2.47. The molecular weight excluding hydrogens is 701 g/mol. The number of benzene rings is 9. The Balaban J connectivity index is 1.11. The lowest BCUT2D eigenvalue weighted by molar-refractivity contribution is 0.997. The van der Waals surface area contributed by atoms with Crippen LogP contribution in [0.2, 0.25) is 0 Å². The number of rotatable bonds is 7. The molecule has 0 N–H and O–H groups in total. The van der Waals surface area contributed by atoms with Gasteiger partial charge in [0.25, 0.3) is 0 Å². The lowest BCUT2D eigenvalue weighted by Crippen LogP contribution is -2.16. The van der Waals surface area contributed by atoms with Crippen LogP contribution in [-0.4, -0.2) is 4.57 Å². The summed E-state index contributed by atoms with van der Waals surface area (Å²) in [5.74, 6) is 0. The predicted octanol–water partition coefficient (Wildman–Crippen LogP) is 15.5. The summed E-state index contributed by atoms with van der Waals surface area (Å²) in [4.78, 5) is 2.39. The van der Waals surface area contributed by atoms with Crippen LogP contribution in [-0.2, 0) is 0 Å². The van der Waals surface area contributed by atoms with E-state index in [1.54, 1.807) is 0 Å². The smallest absolute Gasteiger partial charge is 0.0542 e. The highest BCUT2D eigenvalue weighted by atomic mass is 15.1. The molecule has 0 radical (unpaired) electrons. The van der Waals surface area contributed by atoms with Crippen LogP contribution in [0.15, 0.2) is 224 Å². The zero-order valence-electron chi connectivity index (χ0n) is 32.1. The van der Waals surface area contributed by atoms with Gasteiger partial charge in [-0.1, -0.05) is 164 Å². The predicted molar refractivity (Wildman–Crippen MR) is 247 cm³/mol. The molecule has 0 aliphatic heterocycles. The fourth-order valence-corrected chi connectivity index (χ4v) is 9.27. The van der Waals surface area contributed by atoms with Gasteiger partial charge in [-0.2, -0.15) is 0 Å². The molecule has 0 fully saturated rings. The molecule has 1 aliphatic carbocycles. The Hall–Kier alpha value is -7.42. The highest BCUT2D eigenvalue weighted by Gasteiger charge is 2.21. The van der Waals surface area contributed by atoms with Gasteiger partial charge in [0, 0.05) is 33.5 Å².